The van der Waals surface area contributed by atoms with Gasteiger partial charge < -0.3 is 4.57 Å². The van der Waals surface area contributed by atoms with Crippen molar-refractivity contribution in [3.8, 4) is 0 Å². The van der Waals surface area contributed by atoms with Gasteiger partial charge in [0.1, 0.15) is 5.51 Å². The number of carbonyl (C=O) groups excluding carboxylic acids is 1. The van der Waals surface area contributed by atoms with E-state index in [-0.39, 0.29) is 11.5 Å². The Bertz CT molecular complexity index is 772. The van der Waals surface area contributed by atoms with Gasteiger partial charge in [0.2, 0.25) is 11.0 Å². The summed E-state index contributed by atoms with van der Waals surface area (Å²) in [7, 11) is 0. The number of amides is 1. The van der Waals surface area contributed by atoms with E-state index < -0.39 is 0 Å². The van der Waals surface area contributed by atoms with Crippen molar-refractivity contribution in [3.63, 3.8) is 0 Å². The molecule has 1 fully saturated rings. The molecule has 2 atom stereocenters. The van der Waals surface area contributed by atoms with E-state index in [2.05, 4.69) is 20.4 Å². The molecule has 0 spiro atoms. The van der Waals surface area contributed by atoms with E-state index in [1.165, 1.54) is 11.3 Å². The van der Waals surface area contributed by atoms with Crippen molar-refractivity contribution in [1.29, 1.82) is 0 Å². The zero-order valence-electron chi connectivity index (χ0n) is 12.5. The Hall–Kier alpha value is -2.06. The van der Waals surface area contributed by atoms with E-state index in [1.807, 2.05) is 16.7 Å². The lowest BCUT2D eigenvalue weighted by Crippen LogP contribution is -2.49. The SMILES string of the molecule is O=C(CN1C[C@H]2C[C@@H](C1)c1cccc(=O)n1C2)Nc1nncs1. The Labute approximate surface area is 137 Å². The van der Waals surface area contributed by atoms with E-state index in [4.69, 9.17) is 0 Å². The number of pyridine rings is 1. The summed E-state index contributed by atoms with van der Waals surface area (Å²) < 4.78 is 1.90. The van der Waals surface area contributed by atoms with E-state index >= 15 is 0 Å². The van der Waals surface area contributed by atoms with Gasteiger partial charge in [-0.15, -0.1) is 10.2 Å². The highest BCUT2D eigenvalue weighted by Gasteiger charge is 2.34. The lowest BCUT2D eigenvalue weighted by molar-refractivity contribution is -0.117. The number of anilines is 1. The molecule has 0 unspecified atom stereocenters. The molecule has 4 heterocycles. The summed E-state index contributed by atoms with van der Waals surface area (Å²) >= 11 is 1.31. The van der Waals surface area contributed by atoms with Crippen LogP contribution in [-0.4, -0.2) is 45.2 Å². The van der Waals surface area contributed by atoms with E-state index in [0.29, 0.717) is 23.5 Å². The van der Waals surface area contributed by atoms with Gasteiger partial charge in [0, 0.05) is 37.3 Å². The molecule has 2 aliphatic rings. The average molecular weight is 331 g/mol. The minimum atomic E-state index is -0.0628. The molecule has 0 aromatic carbocycles. The van der Waals surface area contributed by atoms with Crippen molar-refractivity contribution >= 4 is 22.4 Å². The Kier molecular flexibility index (Phi) is 3.70. The van der Waals surface area contributed by atoms with Crippen molar-refractivity contribution in [2.24, 2.45) is 5.92 Å². The Morgan fingerprint density at radius 1 is 1.35 bits per heavy atom. The molecule has 1 N–H and O–H groups in total. The largest absolute Gasteiger partial charge is 0.312 e. The molecule has 7 nitrogen and oxygen atoms in total. The van der Waals surface area contributed by atoms with E-state index in [0.717, 1.165) is 31.7 Å². The van der Waals surface area contributed by atoms with Crippen molar-refractivity contribution < 1.29 is 4.79 Å². The number of carbonyl (C=O) groups is 1. The summed E-state index contributed by atoms with van der Waals surface area (Å²) in [5.74, 6) is 0.689. The molecule has 23 heavy (non-hydrogen) atoms. The number of rotatable bonds is 3. The lowest BCUT2D eigenvalue weighted by Gasteiger charge is -2.42. The van der Waals surface area contributed by atoms with Crippen LogP contribution in [0.4, 0.5) is 5.13 Å². The molecule has 2 aliphatic heterocycles. The first-order chi connectivity index (χ1) is 11.2. The molecule has 2 bridgehead atoms. The lowest BCUT2D eigenvalue weighted by atomic mass is 9.83. The number of aromatic nitrogens is 3. The zero-order valence-corrected chi connectivity index (χ0v) is 13.3. The van der Waals surface area contributed by atoms with Crippen LogP contribution < -0.4 is 10.9 Å². The second-order valence-corrected chi connectivity index (χ2v) is 7.02. The smallest absolute Gasteiger partial charge is 0.250 e. The summed E-state index contributed by atoms with van der Waals surface area (Å²) in [6.45, 7) is 2.76. The third-order valence-electron chi connectivity index (χ3n) is 4.53. The van der Waals surface area contributed by atoms with Gasteiger partial charge in [-0.1, -0.05) is 17.4 Å². The molecule has 1 amide bonds. The molecule has 2 aromatic heterocycles. The predicted octanol–water partition coefficient (Wildman–Crippen LogP) is 0.758. The molecule has 2 aromatic rings. The maximum absolute atomic E-state index is 12.1. The highest BCUT2D eigenvalue weighted by atomic mass is 32.1. The number of fused-ring (bicyclic) bond motifs is 4. The van der Waals surface area contributed by atoms with Gasteiger partial charge in [-0.2, -0.15) is 0 Å². The molecule has 0 aliphatic carbocycles. The quantitative estimate of drug-likeness (QED) is 0.898. The molecule has 1 saturated heterocycles. The van der Waals surface area contributed by atoms with Crippen LogP contribution in [0.3, 0.4) is 0 Å². The van der Waals surface area contributed by atoms with Gasteiger partial charge in [-0.3, -0.25) is 19.8 Å². The van der Waals surface area contributed by atoms with Crippen LogP contribution in [-0.2, 0) is 11.3 Å². The summed E-state index contributed by atoms with van der Waals surface area (Å²) in [4.78, 5) is 26.3. The minimum absolute atomic E-state index is 0.0628. The van der Waals surface area contributed by atoms with Crippen LogP contribution in [0.5, 0.6) is 0 Å². The van der Waals surface area contributed by atoms with Crippen LogP contribution in [0, 0.1) is 5.92 Å². The van der Waals surface area contributed by atoms with Crippen LogP contribution in [0.1, 0.15) is 18.0 Å². The van der Waals surface area contributed by atoms with E-state index in [9.17, 15) is 9.59 Å². The first-order valence-corrected chi connectivity index (χ1v) is 8.55. The number of nitrogens with zero attached hydrogens (tertiary/aromatic N) is 4. The highest BCUT2D eigenvalue weighted by molar-refractivity contribution is 7.13. The van der Waals surface area contributed by atoms with Crippen LogP contribution >= 0.6 is 11.3 Å². The van der Waals surface area contributed by atoms with Crippen LogP contribution in [0.25, 0.3) is 0 Å². The van der Waals surface area contributed by atoms with Gasteiger partial charge in [0.25, 0.3) is 5.56 Å². The maximum Gasteiger partial charge on any atom is 0.250 e. The number of hydrogen-bond donors (Lipinski definition) is 1. The van der Waals surface area contributed by atoms with Crippen molar-refractivity contribution in [1.82, 2.24) is 19.7 Å². The molecule has 0 saturated carbocycles. The van der Waals surface area contributed by atoms with Gasteiger partial charge in [0.15, 0.2) is 0 Å². The number of nitrogens with one attached hydrogen (secondary N) is 1. The standard InChI is InChI=1S/C15H17N5O2S/c21-13(17-15-18-16-9-23-15)8-19-5-10-4-11(7-19)12-2-1-3-14(22)20(12)6-10/h1-3,9-11H,4-8H2,(H,17,18,21)/t10-,11+/m1/s1. The maximum atomic E-state index is 12.1. The fourth-order valence-corrected chi connectivity index (χ4v) is 4.18. The average Bonchev–Trinajstić information content (AvgIpc) is 3.01. The molecular formula is C15H17N5O2S. The van der Waals surface area contributed by atoms with Gasteiger partial charge in [-0.05, 0) is 18.4 Å². The Balaban J connectivity index is 1.46. The van der Waals surface area contributed by atoms with Gasteiger partial charge in [-0.25, -0.2) is 0 Å². The normalized spacial score (nSPS) is 23.3. The molecule has 0 radical (unpaired) electrons. The zero-order chi connectivity index (χ0) is 15.8. The molecule has 4 rings (SSSR count). The number of piperidine rings is 1. The summed E-state index contributed by atoms with van der Waals surface area (Å²) in [5, 5.41) is 10.8. The Morgan fingerprint density at radius 2 is 2.26 bits per heavy atom. The molecular weight excluding hydrogens is 314 g/mol. The second-order valence-electron chi connectivity index (χ2n) is 6.18. The van der Waals surface area contributed by atoms with Crippen molar-refractivity contribution in [2.75, 3.05) is 25.0 Å². The van der Waals surface area contributed by atoms with Gasteiger partial charge >= 0.3 is 0 Å². The van der Waals surface area contributed by atoms with Crippen molar-refractivity contribution in [2.45, 2.75) is 18.9 Å². The summed E-state index contributed by atoms with van der Waals surface area (Å²) in [5.41, 5.74) is 2.78. The highest BCUT2D eigenvalue weighted by Crippen LogP contribution is 2.34. The Morgan fingerprint density at radius 3 is 3.09 bits per heavy atom. The second kappa shape index (κ2) is 5.86. The first-order valence-electron chi connectivity index (χ1n) is 7.67. The number of likely N-dealkylation sites (tertiary alicyclic amines) is 1. The van der Waals surface area contributed by atoms with Gasteiger partial charge in [0.05, 0.1) is 6.54 Å². The third-order valence-corrected chi connectivity index (χ3v) is 5.14. The first kappa shape index (κ1) is 14.5. The minimum Gasteiger partial charge on any atom is -0.312 e. The predicted molar refractivity (Wildman–Crippen MR) is 86.5 cm³/mol. The topological polar surface area (TPSA) is 80.1 Å². The van der Waals surface area contributed by atoms with Crippen molar-refractivity contribution in [3.05, 3.63) is 39.8 Å². The molecule has 120 valence electrons. The number of hydrogen-bond acceptors (Lipinski definition) is 6. The fraction of sp³-hybridized carbons (Fsp3) is 0.467. The summed E-state index contributed by atoms with van der Waals surface area (Å²) in [6, 6.07) is 5.49. The van der Waals surface area contributed by atoms with Crippen LogP contribution in [0.2, 0.25) is 0 Å². The summed E-state index contributed by atoms with van der Waals surface area (Å²) in [6.07, 6.45) is 1.10. The van der Waals surface area contributed by atoms with Crippen LogP contribution in [0.15, 0.2) is 28.5 Å². The molecule has 8 heteroatoms. The van der Waals surface area contributed by atoms with E-state index in [1.54, 1.807) is 11.6 Å². The third kappa shape index (κ3) is 2.91. The monoisotopic (exact) mass is 331 g/mol. The fourth-order valence-electron chi connectivity index (χ4n) is 3.71.